The van der Waals surface area contributed by atoms with Gasteiger partial charge in [0.15, 0.2) is 11.5 Å². The van der Waals surface area contributed by atoms with Crippen molar-refractivity contribution in [3.8, 4) is 11.5 Å². The van der Waals surface area contributed by atoms with Gasteiger partial charge in [0, 0.05) is 22.7 Å². The van der Waals surface area contributed by atoms with Gasteiger partial charge in [-0.25, -0.2) is 14.4 Å². The summed E-state index contributed by atoms with van der Waals surface area (Å²) in [6, 6.07) is 9.62. The number of benzene rings is 2. The Morgan fingerprint density at radius 2 is 1.97 bits per heavy atom. The van der Waals surface area contributed by atoms with Crippen LogP contribution in [0.2, 0.25) is 0 Å². The maximum Gasteiger partial charge on any atom is 0.234 e. The van der Waals surface area contributed by atoms with Crippen molar-refractivity contribution >= 4 is 45.3 Å². The average Bonchev–Trinajstić information content (AvgIpc) is 3.10. The SMILES string of the molecule is COc1ccc(NC(=O)CSc2ncnc3c2[nH]c2ccc(F)cc23)cc1OC. The first kappa shape index (κ1) is 19.0. The number of hydrogen-bond donors (Lipinski definition) is 2. The molecular formula is C20H17FN4O3S. The van der Waals surface area contributed by atoms with Gasteiger partial charge < -0.3 is 19.8 Å². The van der Waals surface area contributed by atoms with Crippen LogP contribution in [0.4, 0.5) is 10.1 Å². The number of thioether (sulfide) groups is 1. The number of amides is 1. The molecule has 148 valence electrons. The number of halogens is 1. The summed E-state index contributed by atoms with van der Waals surface area (Å²) in [5.74, 6) is 0.723. The largest absolute Gasteiger partial charge is 0.493 e. The van der Waals surface area contributed by atoms with Crippen molar-refractivity contribution in [2.75, 3.05) is 25.3 Å². The van der Waals surface area contributed by atoms with Gasteiger partial charge in [-0.3, -0.25) is 4.79 Å². The van der Waals surface area contributed by atoms with E-state index in [9.17, 15) is 9.18 Å². The minimum atomic E-state index is -0.333. The molecule has 0 saturated heterocycles. The second kappa shape index (κ2) is 7.96. The molecule has 0 spiro atoms. The van der Waals surface area contributed by atoms with Crippen molar-refractivity contribution in [2.45, 2.75) is 5.03 Å². The number of methoxy groups -OCH3 is 2. The molecule has 4 aromatic rings. The minimum Gasteiger partial charge on any atom is -0.493 e. The van der Waals surface area contributed by atoms with E-state index in [1.54, 1.807) is 31.4 Å². The van der Waals surface area contributed by atoms with Crippen LogP contribution in [0.15, 0.2) is 47.8 Å². The first-order valence-electron chi connectivity index (χ1n) is 8.65. The predicted octanol–water partition coefficient (Wildman–Crippen LogP) is 4.00. The van der Waals surface area contributed by atoms with E-state index in [1.807, 2.05) is 0 Å². The fourth-order valence-corrected chi connectivity index (χ4v) is 3.75. The molecule has 0 fully saturated rings. The lowest BCUT2D eigenvalue weighted by atomic mass is 10.2. The molecule has 2 aromatic carbocycles. The van der Waals surface area contributed by atoms with Crippen LogP contribution in [0.1, 0.15) is 0 Å². The van der Waals surface area contributed by atoms with Gasteiger partial charge in [0.05, 0.1) is 25.5 Å². The van der Waals surface area contributed by atoms with Gasteiger partial charge in [-0.2, -0.15) is 0 Å². The highest BCUT2D eigenvalue weighted by Crippen LogP contribution is 2.31. The van der Waals surface area contributed by atoms with Crippen molar-refractivity contribution in [1.82, 2.24) is 15.0 Å². The second-order valence-electron chi connectivity index (χ2n) is 6.12. The lowest BCUT2D eigenvalue weighted by molar-refractivity contribution is -0.113. The highest BCUT2D eigenvalue weighted by Gasteiger charge is 2.14. The lowest BCUT2D eigenvalue weighted by Crippen LogP contribution is -2.14. The molecular weight excluding hydrogens is 395 g/mol. The van der Waals surface area contributed by atoms with Gasteiger partial charge in [0.1, 0.15) is 22.7 Å². The third-order valence-corrected chi connectivity index (χ3v) is 5.31. The molecule has 2 heterocycles. The molecule has 0 aliphatic rings. The third kappa shape index (κ3) is 3.81. The number of ether oxygens (including phenoxy) is 2. The summed E-state index contributed by atoms with van der Waals surface area (Å²) < 4.78 is 24.0. The number of hydrogen-bond acceptors (Lipinski definition) is 6. The van der Waals surface area contributed by atoms with Crippen molar-refractivity contribution in [1.29, 1.82) is 0 Å². The number of aromatic nitrogens is 3. The summed E-state index contributed by atoms with van der Waals surface area (Å²) >= 11 is 1.27. The molecule has 0 radical (unpaired) electrons. The average molecular weight is 412 g/mol. The Bertz CT molecular complexity index is 1210. The van der Waals surface area contributed by atoms with Crippen molar-refractivity contribution in [2.24, 2.45) is 0 Å². The molecule has 0 saturated carbocycles. The summed E-state index contributed by atoms with van der Waals surface area (Å²) in [5.41, 5.74) is 2.66. The summed E-state index contributed by atoms with van der Waals surface area (Å²) in [5, 5.41) is 4.12. The Labute approximate surface area is 169 Å². The Morgan fingerprint density at radius 1 is 1.14 bits per heavy atom. The predicted molar refractivity (Wildman–Crippen MR) is 110 cm³/mol. The first-order chi connectivity index (χ1) is 14.1. The van der Waals surface area contributed by atoms with Crippen LogP contribution in [0, 0.1) is 5.82 Å². The maximum absolute atomic E-state index is 13.6. The zero-order valence-electron chi connectivity index (χ0n) is 15.7. The topological polar surface area (TPSA) is 89.1 Å². The number of rotatable bonds is 6. The van der Waals surface area contributed by atoms with E-state index in [0.29, 0.717) is 38.6 Å². The number of nitrogens with zero attached hydrogens (tertiary/aromatic N) is 2. The molecule has 2 aromatic heterocycles. The number of nitrogens with one attached hydrogen (secondary N) is 2. The van der Waals surface area contributed by atoms with E-state index in [0.717, 1.165) is 5.52 Å². The van der Waals surface area contributed by atoms with E-state index >= 15 is 0 Å². The van der Waals surface area contributed by atoms with Crippen LogP contribution >= 0.6 is 11.8 Å². The van der Waals surface area contributed by atoms with Gasteiger partial charge in [0.2, 0.25) is 5.91 Å². The molecule has 7 nitrogen and oxygen atoms in total. The molecule has 0 unspecified atom stereocenters. The number of carbonyl (C=O) groups excluding carboxylic acids is 1. The van der Waals surface area contributed by atoms with Crippen molar-refractivity contribution in [3.05, 3.63) is 48.5 Å². The van der Waals surface area contributed by atoms with E-state index < -0.39 is 0 Å². The van der Waals surface area contributed by atoms with E-state index in [1.165, 1.54) is 37.3 Å². The Hall–Kier alpha value is -3.33. The van der Waals surface area contributed by atoms with Crippen LogP contribution in [0.3, 0.4) is 0 Å². The molecule has 1 amide bonds. The van der Waals surface area contributed by atoms with Gasteiger partial charge in [0.25, 0.3) is 0 Å². The van der Waals surface area contributed by atoms with E-state index in [4.69, 9.17) is 9.47 Å². The zero-order chi connectivity index (χ0) is 20.4. The molecule has 0 atom stereocenters. The maximum atomic E-state index is 13.6. The standard InChI is InChI=1S/C20H17FN4O3S/c1-27-15-6-4-12(8-16(15)28-2)24-17(26)9-29-20-19-18(22-10-23-20)13-7-11(21)3-5-14(13)25-19/h3-8,10,25H,9H2,1-2H3,(H,24,26). The van der Waals surface area contributed by atoms with Crippen LogP contribution in [-0.4, -0.2) is 40.8 Å². The summed E-state index contributed by atoms with van der Waals surface area (Å²) in [6.45, 7) is 0. The molecule has 0 aliphatic heterocycles. The van der Waals surface area contributed by atoms with E-state index in [-0.39, 0.29) is 17.5 Å². The van der Waals surface area contributed by atoms with Gasteiger partial charge >= 0.3 is 0 Å². The summed E-state index contributed by atoms with van der Waals surface area (Å²) in [6.07, 6.45) is 1.41. The minimum absolute atomic E-state index is 0.143. The highest BCUT2D eigenvalue weighted by atomic mass is 32.2. The Balaban J connectivity index is 1.51. The van der Waals surface area contributed by atoms with Gasteiger partial charge in [-0.1, -0.05) is 11.8 Å². The second-order valence-corrected chi connectivity index (χ2v) is 7.09. The number of aromatic amines is 1. The summed E-state index contributed by atoms with van der Waals surface area (Å²) in [7, 11) is 3.08. The van der Waals surface area contributed by atoms with Crippen LogP contribution in [0.25, 0.3) is 21.9 Å². The number of anilines is 1. The third-order valence-electron chi connectivity index (χ3n) is 4.32. The molecule has 9 heteroatoms. The Kier molecular flexibility index (Phi) is 5.22. The number of H-pyrrole nitrogens is 1. The van der Waals surface area contributed by atoms with Crippen molar-refractivity contribution in [3.63, 3.8) is 0 Å². The molecule has 0 aliphatic carbocycles. The van der Waals surface area contributed by atoms with Crippen molar-refractivity contribution < 1.29 is 18.7 Å². The Morgan fingerprint density at radius 3 is 2.76 bits per heavy atom. The monoisotopic (exact) mass is 412 g/mol. The molecule has 4 rings (SSSR count). The normalized spacial score (nSPS) is 11.0. The van der Waals surface area contributed by atoms with Crippen LogP contribution < -0.4 is 14.8 Å². The number of carbonyl (C=O) groups is 1. The highest BCUT2D eigenvalue weighted by molar-refractivity contribution is 8.00. The summed E-state index contributed by atoms with van der Waals surface area (Å²) in [4.78, 5) is 24.1. The fourth-order valence-electron chi connectivity index (χ4n) is 3.00. The van der Waals surface area contributed by atoms with E-state index in [2.05, 4.69) is 20.3 Å². The molecule has 2 N–H and O–H groups in total. The lowest BCUT2D eigenvalue weighted by Gasteiger charge is -2.10. The fraction of sp³-hybridized carbons (Fsp3) is 0.150. The molecule has 29 heavy (non-hydrogen) atoms. The van der Waals surface area contributed by atoms with Crippen LogP contribution in [0.5, 0.6) is 11.5 Å². The van der Waals surface area contributed by atoms with Gasteiger partial charge in [-0.05, 0) is 30.3 Å². The first-order valence-corrected chi connectivity index (χ1v) is 9.64. The molecule has 0 bridgehead atoms. The van der Waals surface area contributed by atoms with Crippen LogP contribution in [-0.2, 0) is 4.79 Å². The quantitative estimate of drug-likeness (QED) is 0.368. The van der Waals surface area contributed by atoms with Gasteiger partial charge in [-0.15, -0.1) is 0 Å². The smallest absolute Gasteiger partial charge is 0.234 e. The number of fused-ring (bicyclic) bond motifs is 3. The zero-order valence-corrected chi connectivity index (χ0v) is 16.5.